The van der Waals surface area contributed by atoms with Gasteiger partial charge in [-0.3, -0.25) is 4.90 Å². The fraction of sp³-hybridized carbons (Fsp3) is 0.625. The van der Waals surface area contributed by atoms with Crippen LogP contribution in [0.4, 0.5) is 0 Å². The Balaban J connectivity index is 2.54. The van der Waals surface area contributed by atoms with Crippen molar-refractivity contribution in [1.29, 1.82) is 0 Å². The summed E-state index contributed by atoms with van der Waals surface area (Å²) in [5, 5.41) is 22.2. The highest BCUT2D eigenvalue weighted by Crippen LogP contribution is 2.41. The molecule has 0 bridgehead atoms. The first-order valence-corrected chi connectivity index (χ1v) is 13.1. The molecule has 2 aromatic carbocycles. The SMILES string of the molecule is CCN(Cc1cc(C(C)(C)C)c(O)c(C(C)(C)C)c1)Cc1cc(C(C)(C)C)c(O)c(C(C)(C)C)c1. The van der Waals surface area contributed by atoms with Crippen LogP contribution in [0.15, 0.2) is 24.3 Å². The Kier molecular flexibility index (Phi) is 8.19. The molecule has 0 aliphatic carbocycles. The summed E-state index contributed by atoms with van der Waals surface area (Å²) in [5.74, 6) is 0.861. The van der Waals surface area contributed by atoms with Crippen molar-refractivity contribution in [3.8, 4) is 11.5 Å². The Bertz CT molecular complexity index is 884. The summed E-state index contributed by atoms with van der Waals surface area (Å²) < 4.78 is 0. The molecule has 2 rings (SSSR count). The van der Waals surface area contributed by atoms with Crippen LogP contribution in [-0.2, 0) is 34.7 Å². The number of aromatic hydroxyl groups is 2. The van der Waals surface area contributed by atoms with Gasteiger partial charge in [-0.15, -0.1) is 0 Å². The van der Waals surface area contributed by atoms with Crippen LogP contribution in [-0.4, -0.2) is 21.7 Å². The van der Waals surface area contributed by atoms with E-state index < -0.39 is 0 Å². The highest BCUT2D eigenvalue weighted by atomic mass is 16.3. The number of phenols is 2. The van der Waals surface area contributed by atoms with Crippen molar-refractivity contribution < 1.29 is 10.2 Å². The van der Waals surface area contributed by atoms with Gasteiger partial charge < -0.3 is 10.2 Å². The van der Waals surface area contributed by atoms with E-state index in [9.17, 15) is 10.2 Å². The molecular weight excluding hydrogens is 430 g/mol. The van der Waals surface area contributed by atoms with Crippen molar-refractivity contribution >= 4 is 0 Å². The quantitative estimate of drug-likeness (QED) is 0.451. The first-order valence-electron chi connectivity index (χ1n) is 13.1. The predicted octanol–water partition coefficient (Wildman–Crippen LogP) is 8.31. The zero-order chi connectivity index (χ0) is 27.1. The molecule has 0 unspecified atom stereocenters. The van der Waals surface area contributed by atoms with Gasteiger partial charge in [0.25, 0.3) is 0 Å². The molecule has 0 aromatic heterocycles. The summed E-state index contributed by atoms with van der Waals surface area (Å²) in [5.41, 5.74) is 5.91. The van der Waals surface area contributed by atoms with Gasteiger partial charge in [-0.25, -0.2) is 0 Å². The molecular formula is C32H51NO2. The molecule has 0 aliphatic heterocycles. The summed E-state index contributed by atoms with van der Waals surface area (Å²) >= 11 is 0. The van der Waals surface area contributed by atoms with Crippen LogP contribution in [0.25, 0.3) is 0 Å². The second kappa shape index (κ2) is 9.81. The fourth-order valence-electron chi connectivity index (χ4n) is 4.65. The molecule has 2 N–H and O–H groups in total. The number of hydrogen-bond donors (Lipinski definition) is 2. The first-order chi connectivity index (χ1) is 15.7. The average Bonchev–Trinajstić information content (AvgIpc) is 2.66. The largest absolute Gasteiger partial charge is 0.507 e. The summed E-state index contributed by atoms with van der Waals surface area (Å²) in [6, 6.07) is 8.74. The zero-order valence-corrected chi connectivity index (χ0v) is 24.8. The molecule has 3 nitrogen and oxygen atoms in total. The van der Waals surface area contributed by atoms with E-state index in [1.165, 1.54) is 11.1 Å². The van der Waals surface area contributed by atoms with Gasteiger partial charge in [-0.1, -0.05) is 114 Å². The molecule has 0 fully saturated rings. The Morgan fingerprint density at radius 3 is 0.914 bits per heavy atom. The van der Waals surface area contributed by atoms with Crippen LogP contribution in [0.5, 0.6) is 11.5 Å². The molecule has 0 saturated carbocycles. The maximum absolute atomic E-state index is 11.1. The van der Waals surface area contributed by atoms with E-state index in [-0.39, 0.29) is 21.7 Å². The molecule has 0 aliphatic rings. The van der Waals surface area contributed by atoms with Crippen molar-refractivity contribution in [3.05, 3.63) is 57.6 Å². The van der Waals surface area contributed by atoms with Crippen LogP contribution in [0.1, 0.15) is 123 Å². The van der Waals surface area contributed by atoms with Gasteiger partial charge in [-0.05, 0) is 61.6 Å². The average molecular weight is 482 g/mol. The van der Waals surface area contributed by atoms with E-state index in [0.717, 1.165) is 41.9 Å². The van der Waals surface area contributed by atoms with Crippen LogP contribution < -0.4 is 0 Å². The van der Waals surface area contributed by atoms with E-state index in [1.807, 2.05) is 0 Å². The van der Waals surface area contributed by atoms with Crippen molar-refractivity contribution in [1.82, 2.24) is 4.90 Å². The van der Waals surface area contributed by atoms with E-state index in [1.54, 1.807) is 0 Å². The second-order valence-electron chi connectivity index (χ2n) is 14.4. The van der Waals surface area contributed by atoms with Crippen LogP contribution in [0.2, 0.25) is 0 Å². The third-order valence-corrected chi connectivity index (χ3v) is 6.83. The van der Waals surface area contributed by atoms with Crippen LogP contribution in [0.3, 0.4) is 0 Å². The van der Waals surface area contributed by atoms with Gasteiger partial charge in [0.05, 0.1) is 0 Å². The molecule has 3 heteroatoms. The lowest BCUT2D eigenvalue weighted by Gasteiger charge is -2.31. The molecule has 0 heterocycles. The zero-order valence-electron chi connectivity index (χ0n) is 24.8. The molecule has 0 amide bonds. The summed E-state index contributed by atoms with van der Waals surface area (Å²) in [6.07, 6.45) is 0. The second-order valence-corrected chi connectivity index (χ2v) is 14.4. The number of benzene rings is 2. The molecule has 35 heavy (non-hydrogen) atoms. The van der Waals surface area contributed by atoms with Gasteiger partial charge in [0.2, 0.25) is 0 Å². The number of hydrogen-bond acceptors (Lipinski definition) is 3. The number of nitrogens with zero attached hydrogens (tertiary/aromatic N) is 1. The Hall–Kier alpha value is -2.00. The molecule has 0 atom stereocenters. The Morgan fingerprint density at radius 1 is 0.514 bits per heavy atom. The molecule has 196 valence electrons. The first kappa shape index (κ1) is 29.2. The minimum atomic E-state index is -0.142. The van der Waals surface area contributed by atoms with Crippen molar-refractivity contribution in [2.45, 2.75) is 125 Å². The van der Waals surface area contributed by atoms with E-state index in [2.05, 4.69) is 119 Å². The maximum Gasteiger partial charge on any atom is 0.123 e. The molecule has 0 spiro atoms. The van der Waals surface area contributed by atoms with Crippen molar-refractivity contribution in [2.75, 3.05) is 6.54 Å². The monoisotopic (exact) mass is 481 g/mol. The van der Waals surface area contributed by atoms with Gasteiger partial charge in [0.15, 0.2) is 0 Å². The van der Waals surface area contributed by atoms with Gasteiger partial charge in [0.1, 0.15) is 11.5 Å². The van der Waals surface area contributed by atoms with Crippen molar-refractivity contribution in [3.63, 3.8) is 0 Å². The maximum atomic E-state index is 11.1. The minimum Gasteiger partial charge on any atom is -0.507 e. The molecule has 2 aromatic rings. The highest BCUT2D eigenvalue weighted by molar-refractivity contribution is 5.51. The van der Waals surface area contributed by atoms with E-state index in [4.69, 9.17) is 0 Å². The summed E-state index contributed by atoms with van der Waals surface area (Å²) in [4.78, 5) is 2.44. The molecule has 0 radical (unpaired) electrons. The smallest absolute Gasteiger partial charge is 0.123 e. The lowest BCUT2D eigenvalue weighted by molar-refractivity contribution is 0.270. The molecule has 0 saturated heterocycles. The minimum absolute atomic E-state index is 0.142. The van der Waals surface area contributed by atoms with Crippen LogP contribution >= 0.6 is 0 Å². The van der Waals surface area contributed by atoms with Gasteiger partial charge in [0, 0.05) is 13.1 Å². The topological polar surface area (TPSA) is 43.7 Å². The number of phenolic OH excluding ortho intramolecular Hbond substituents is 2. The number of rotatable bonds is 5. The standard InChI is InChI=1S/C32H51NO2/c1-14-33(19-21-15-23(29(2,3)4)27(34)24(16-21)30(5,6)7)20-22-17-25(31(8,9)10)28(35)26(18-22)32(11,12)13/h15-18,34-35H,14,19-20H2,1-13H3. The Morgan fingerprint density at radius 2 is 0.743 bits per heavy atom. The van der Waals surface area contributed by atoms with E-state index in [0.29, 0.717) is 11.5 Å². The lowest BCUT2D eigenvalue weighted by atomic mass is 9.78. The fourth-order valence-corrected chi connectivity index (χ4v) is 4.65. The van der Waals surface area contributed by atoms with Gasteiger partial charge >= 0.3 is 0 Å². The van der Waals surface area contributed by atoms with Gasteiger partial charge in [-0.2, -0.15) is 0 Å². The third kappa shape index (κ3) is 7.03. The lowest BCUT2D eigenvalue weighted by Crippen LogP contribution is -2.25. The van der Waals surface area contributed by atoms with E-state index >= 15 is 0 Å². The Labute approximate surface area is 215 Å². The van der Waals surface area contributed by atoms with Crippen LogP contribution in [0, 0.1) is 0 Å². The summed E-state index contributed by atoms with van der Waals surface area (Å²) in [7, 11) is 0. The predicted molar refractivity (Wildman–Crippen MR) is 151 cm³/mol. The highest BCUT2D eigenvalue weighted by Gasteiger charge is 2.28. The normalized spacial score (nSPS) is 13.5. The third-order valence-electron chi connectivity index (χ3n) is 6.83. The van der Waals surface area contributed by atoms with Crippen molar-refractivity contribution in [2.24, 2.45) is 0 Å². The summed E-state index contributed by atoms with van der Waals surface area (Å²) in [6.45, 7) is 30.7.